The lowest BCUT2D eigenvalue weighted by Gasteiger charge is -2.08. The quantitative estimate of drug-likeness (QED) is 0.566. The lowest BCUT2D eigenvalue weighted by Crippen LogP contribution is -2.02. The molecule has 0 bridgehead atoms. The molecule has 0 saturated heterocycles. The molecule has 0 unspecified atom stereocenters. The molecule has 0 N–H and O–H groups in total. The van der Waals surface area contributed by atoms with Crippen LogP contribution in [0.4, 0.5) is 5.69 Å². The zero-order chi connectivity index (χ0) is 11.4. The number of rotatable bonds is 4. The molecule has 15 heavy (non-hydrogen) atoms. The smallest absolute Gasteiger partial charge is 0.314 e. The number of nitro groups is 1. The van der Waals surface area contributed by atoms with Gasteiger partial charge in [-0.25, -0.2) is 0 Å². The highest BCUT2D eigenvalue weighted by atomic mass is 16.6. The lowest BCUT2D eigenvalue weighted by molar-refractivity contribution is -0.386. The molecular weight excluding hydrogens is 194 g/mol. The van der Waals surface area contributed by atoms with E-state index in [-0.39, 0.29) is 10.6 Å². The molecular formula is C11H15NO3. The predicted octanol–water partition coefficient (Wildman–Crippen LogP) is 2.80. The van der Waals surface area contributed by atoms with Gasteiger partial charge in [-0.1, -0.05) is 26.0 Å². The molecule has 0 spiro atoms. The van der Waals surface area contributed by atoms with Gasteiger partial charge in [0.1, 0.15) is 0 Å². The first-order valence-corrected chi connectivity index (χ1v) is 4.86. The molecule has 0 aliphatic heterocycles. The Kier molecular flexibility index (Phi) is 3.66. The van der Waals surface area contributed by atoms with Crippen LogP contribution in [0.1, 0.15) is 19.4 Å². The number of para-hydroxylation sites is 1. The van der Waals surface area contributed by atoms with Gasteiger partial charge in [-0.2, -0.15) is 0 Å². The molecule has 0 aromatic heterocycles. The van der Waals surface area contributed by atoms with Crippen molar-refractivity contribution in [3.8, 4) is 5.75 Å². The average molecular weight is 209 g/mol. The van der Waals surface area contributed by atoms with Crippen LogP contribution in [0.15, 0.2) is 18.2 Å². The Bertz CT molecular complexity index is 361. The van der Waals surface area contributed by atoms with Crippen molar-refractivity contribution in [3.63, 3.8) is 0 Å². The minimum absolute atomic E-state index is 0.0914. The topological polar surface area (TPSA) is 52.4 Å². The average Bonchev–Trinajstić information content (AvgIpc) is 2.15. The van der Waals surface area contributed by atoms with Crippen molar-refractivity contribution >= 4 is 5.69 Å². The zero-order valence-electron chi connectivity index (χ0n) is 9.19. The highest BCUT2D eigenvalue weighted by molar-refractivity contribution is 5.52. The summed E-state index contributed by atoms with van der Waals surface area (Å²) >= 11 is 0. The van der Waals surface area contributed by atoms with E-state index < -0.39 is 0 Å². The first-order valence-electron chi connectivity index (χ1n) is 4.86. The van der Waals surface area contributed by atoms with Crippen LogP contribution in [-0.4, -0.2) is 12.0 Å². The molecule has 0 heterocycles. The van der Waals surface area contributed by atoms with Gasteiger partial charge in [0.15, 0.2) is 5.75 Å². The van der Waals surface area contributed by atoms with Crippen LogP contribution in [0.5, 0.6) is 5.75 Å². The van der Waals surface area contributed by atoms with Crippen LogP contribution in [0.3, 0.4) is 0 Å². The van der Waals surface area contributed by atoms with E-state index in [0.29, 0.717) is 18.1 Å². The van der Waals surface area contributed by atoms with E-state index in [2.05, 4.69) is 0 Å². The molecule has 0 radical (unpaired) electrons. The van der Waals surface area contributed by atoms with Crippen molar-refractivity contribution in [2.75, 3.05) is 7.11 Å². The van der Waals surface area contributed by atoms with Gasteiger partial charge in [0, 0.05) is 5.56 Å². The summed E-state index contributed by atoms with van der Waals surface area (Å²) in [6, 6.07) is 5.17. The molecule has 0 fully saturated rings. The summed E-state index contributed by atoms with van der Waals surface area (Å²) < 4.78 is 4.99. The van der Waals surface area contributed by atoms with Crippen molar-refractivity contribution in [1.82, 2.24) is 0 Å². The summed E-state index contributed by atoms with van der Waals surface area (Å²) in [6.45, 7) is 4.06. The fourth-order valence-corrected chi connectivity index (χ4v) is 1.54. The monoisotopic (exact) mass is 209 g/mol. The second-order valence-corrected chi connectivity index (χ2v) is 3.82. The van der Waals surface area contributed by atoms with Gasteiger partial charge >= 0.3 is 5.69 Å². The Balaban J connectivity index is 3.19. The Morgan fingerprint density at radius 3 is 2.60 bits per heavy atom. The number of benzene rings is 1. The molecule has 1 aromatic rings. The van der Waals surface area contributed by atoms with Crippen LogP contribution < -0.4 is 4.74 Å². The summed E-state index contributed by atoms with van der Waals surface area (Å²) in [6.07, 6.45) is 0.688. The van der Waals surface area contributed by atoms with Crippen molar-refractivity contribution in [2.24, 2.45) is 5.92 Å². The molecule has 0 aliphatic rings. The Morgan fingerprint density at radius 2 is 2.13 bits per heavy atom. The number of methoxy groups -OCH3 is 1. The van der Waals surface area contributed by atoms with Gasteiger partial charge in [0.05, 0.1) is 12.0 Å². The highest BCUT2D eigenvalue weighted by Gasteiger charge is 2.20. The lowest BCUT2D eigenvalue weighted by atomic mass is 10.0. The van der Waals surface area contributed by atoms with Crippen LogP contribution in [0.25, 0.3) is 0 Å². The van der Waals surface area contributed by atoms with Crippen molar-refractivity contribution in [3.05, 3.63) is 33.9 Å². The van der Waals surface area contributed by atoms with E-state index >= 15 is 0 Å². The third-order valence-electron chi connectivity index (χ3n) is 2.11. The molecule has 82 valence electrons. The van der Waals surface area contributed by atoms with E-state index in [1.165, 1.54) is 7.11 Å². The summed E-state index contributed by atoms with van der Waals surface area (Å²) in [4.78, 5) is 10.5. The number of hydrogen-bond donors (Lipinski definition) is 0. The largest absolute Gasteiger partial charge is 0.490 e. The molecule has 1 rings (SSSR count). The second kappa shape index (κ2) is 4.77. The normalized spacial score (nSPS) is 10.4. The first-order chi connectivity index (χ1) is 7.06. The molecule has 0 aliphatic carbocycles. The minimum Gasteiger partial charge on any atom is -0.490 e. The minimum atomic E-state index is -0.378. The maximum Gasteiger partial charge on any atom is 0.314 e. The van der Waals surface area contributed by atoms with Crippen molar-refractivity contribution in [1.29, 1.82) is 0 Å². The number of hydrogen-bond acceptors (Lipinski definition) is 3. The van der Waals surface area contributed by atoms with Gasteiger partial charge in [-0.05, 0) is 18.4 Å². The number of nitro benzene ring substituents is 1. The van der Waals surface area contributed by atoms with Gasteiger partial charge in [-0.3, -0.25) is 10.1 Å². The summed E-state index contributed by atoms with van der Waals surface area (Å²) in [5.41, 5.74) is 0.822. The predicted molar refractivity (Wildman–Crippen MR) is 58.2 cm³/mol. The summed E-state index contributed by atoms with van der Waals surface area (Å²) in [7, 11) is 1.45. The van der Waals surface area contributed by atoms with E-state index in [0.717, 1.165) is 5.56 Å². The third kappa shape index (κ3) is 2.68. The van der Waals surface area contributed by atoms with E-state index in [9.17, 15) is 10.1 Å². The van der Waals surface area contributed by atoms with Gasteiger partial charge in [0.2, 0.25) is 0 Å². The van der Waals surface area contributed by atoms with E-state index in [4.69, 9.17) is 4.74 Å². The van der Waals surface area contributed by atoms with Gasteiger partial charge in [0.25, 0.3) is 0 Å². The van der Waals surface area contributed by atoms with Crippen molar-refractivity contribution in [2.45, 2.75) is 20.3 Å². The molecule has 1 aromatic carbocycles. The van der Waals surface area contributed by atoms with E-state index in [1.807, 2.05) is 13.8 Å². The maximum absolute atomic E-state index is 10.9. The van der Waals surface area contributed by atoms with Crippen LogP contribution in [0.2, 0.25) is 0 Å². The summed E-state index contributed by atoms with van der Waals surface area (Å²) in [5, 5.41) is 10.9. The number of ether oxygens (including phenoxy) is 1. The molecule has 0 saturated carbocycles. The molecule has 4 heteroatoms. The Morgan fingerprint density at radius 1 is 1.47 bits per heavy atom. The Labute approximate surface area is 89.0 Å². The van der Waals surface area contributed by atoms with Crippen LogP contribution in [0, 0.1) is 16.0 Å². The fraction of sp³-hybridized carbons (Fsp3) is 0.455. The van der Waals surface area contributed by atoms with Crippen molar-refractivity contribution < 1.29 is 9.66 Å². The molecule has 0 atom stereocenters. The van der Waals surface area contributed by atoms with Gasteiger partial charge < -0.3 is 4.74 Å². The molecule has 0 amide bonds. The third-order valence-corrected chi connectivity index (χ3v) is 2.11. The first kappa shape index (κ1) is 11.5. The summed E-state index contributed by atoms with van der Waals surface area (Å²) in [5.74, 6) is 0.717. The van der Waals surface area contributed by atoms with Gasteiger partial charge in [-0.15, -0.1) is 0 Å². The zero-order valence-corrected chi connectivity index (χ0v) is 9.19. The Hall–Kier alpha value is -1.58. The standard InChI is InChI=1S/C11H15NO3/c1-8(2)7-9-5-4-6-10(15-3)11(9)12(13)14/h4-6,8H,7H2,1-3H3. The fourth-order valence-electron chi connectivity index (χ4n) is 1.54. The van der Waals surface area contributed by atoms with E-state index in [1.54, 1.807) is 18.2 Å². The SMILES string of the molecule is COc1cccc(CC(C)C)c1[N+](=O)[O-]. The molecule has 4 nitrogen and oxygen atoms in total. The van der Waals surface area contributed by atoms with Crippen LogP contribution >= 0.6 is 0 Å². The van der Waals surface area contributed by atoms with Crippen LogP contribution in [-0.2, 0) is 6.42 Å². The maximum atomic E-state index is 10.9. The highest BCUT2D eigenvalue weighted by Crippen LogP contribution is 2.31. The second-order valence-electron chi connectivity index (χ2n) is 3.82. The number of nitrogens with zero attached hydrogens (tertiary/aromatic N) is 1.